The van der Waals surface area contributed by atoms with Crippen LogP contribution in [0.25, 0.3) is 0 Å². The Bertz CT molecular complexity index is 940. The average Bonchev–Trinajstić information content (AvgIpc) is 2.64. The lowest BCUT2D eigenvalue weighted by atomic mass is 9.93. The van der Waals surface area contributed by atoms with Crippen LogP contribution in [0, 0.1) is 13.8 Å². The van der Waals surface area contributed by atoms with E-state index in [9.17, 15) is 19.2 Å². The molecule has 2 unspecified atom stereocenters. The van der Waals surface area contributed by atoms with Gasteiger partial charge in [0, 0.05) is 18.0 Å². The topological polar surface area (TPSA) is 131 Å². The van der Waals surface area contributed by atoms with E-state index in [2.05, 4.69) is 10.6 Å². The van der Waals surface area contributed by atoms with Gasteiger partial charge in [0.1, 0.15) is 17.7 Å². The number of hydrogen-bond acceptors (Lipinski definition) is 5. The molecular formula is C27H44N4O5. The Labute approximate surface area is 215 Å². The number of hydrogen-bond donors (Lipinski definition) is 3. The minimum atomic E-state index is -1.13. The Balaban J connectivity index is 3.63. The van der Waals surface area contributed by atoms with Crippen molar-refractivity contribution in [3.63, 3.8) is 0 Å². The summed E-state index contributed by atoms with van der Waals surface area (Å²) in [7, 11) is 0. The van der Waals surface area contributed by atoms with Crippen LogP contribution in [0.1, 0.15) is 91.0 Å². The highest BCUT2D eigenvalue weighted by Gasteiger charge is 2.42. The van der Waals surface area contributed by atoms with Crippen molar-refractivity contribution >= 4 is 23.8 Å². The monoisotopic (exact) mass is 504 g/mol. The molecule has 0 radical (unpaired) electrons. The number of nitrogens with one attached hydrogen (secondary N) is 2. The van der Waals surface area contributed by atoms with Crippen molar-refractivity contribution in [3.05, 3.63) is 34.9 Å². The first-order valence-corrected chi connectivity index (χ1v) is 12.3. The van der Waals surface area contributed by atoms with Gasteiger partial charge in [-0.1, -0.05) is 29.3 Å². The molecule has 2 atom stereocenters. The van der Waals surface area contributed by atoms with Crippen molar-refractivity contribution in [2.24, 2.45) is 5.73 Å². The molecule has 0 saturated carbocycles. The highest BCUT2D eigenvalue weighted by atomic mass is 16.6. The fourth-order valence-corrected chi connectivity index (χ4v) is 3.96. The lowest BCUT2D eigenvalue weighted by Gasteiger charge is -2.43. The lowest BCUT2D eigenvalue weighted by Crippen LogP contribution is -2.59. The van der Waals surface area contributed by atoms with E-state index < -0.39 is 41.1 Å². The zero-order valence-corrected chi connectivity index (χ0v) is 23.4. The van der Waals surface area contributed by atoms with Gasteiger partial charge in [0.05, 0.1) is 0 Å². The second-order valence-corrected chi connectivity index (χ2v) is 11.6. The first kappa shape index (κ1) is 30.9. The van der Waals surface area contributed by atoms with E-state index in [1.807, 2.05) is 66.7 Å². The number of primary amides is 1. The van der Waals surface area contributed by atoms with Crippen LogP contribution in [0.5, 0.6) is 0 Å². The molecule has 0 bridgehead atoms. The number of alkyl carbamates (subject to hydrolysis) is 1. The Morgan fingerprint density at radius 2 is 1.47 bits per heavy atom. The molecule has 4 N–H and O–H groups in total. The lowest BCUT2D eigenvalue weighted by molar-refractivity contribution is -0.148. The van der Waals surface area contributed by atoms with Crippen LogP contribution in [0.3, 0.4) is 0 Å². The van der Waals surface area contributed by atoms with Crippen molar-refractivity contribution in [1.29, 1.82) is 0 Å². The van der Waals surface area contributed by atoms with Gasteiger partial charge in [0.2, 0.25) is 17.7 Å². The van der Waals surface area contributed by atoms with Gasteiger partial charge in [-0.05, 0) is 81.2 Å². The average molecular weight is 505 g/mol. The number of nitrogens with two attached hydrogens (primary N) is 1. The maximum Gasteiger partial charge on any atom is 0.408 e. The smallest absolute Gasteiger partial charge is 0.408 e. The Hall–Kier alpha value is -3.10. The minimum absolute atomic E-state index is 0.0364. The zero-order chi connectivity index (χ0) is 28.0. The highest BCUT2D eigenvalue weighted by molar-refractivity contribution is 5.93. The van der Waals surface area contributed by atoms with Crippen molar-refractivity contribution in [1.82, 2.24) is 15.5 Å². The van der Waals surface area contributed by atoms with Crippen LogP contribution < -0.4 is 16.4 Å². The quantitative estimate of drug-likeness (QED) is 0.472. The van der Waals surface area contributed by atoms with E-state index in [1.165, 1.54) is 4.90 Å². The third kappa shape index (κ3) is 9.87. The highest BCUT2D eigenvalue weighted by Crippen LogP contribution is 2.31. The van der Waals surface area contributed by atoms with E-state index in [0.29, 0.717) is 5.56 Å². The molecular weight excluding hydrogens is 460 g/mol. The standard InChI is InChI=1S/C27H44N4O5/c1-16(2)29-23(33)22(19-14-17(3)13-18(4)15-19)31(26(5,6)7)24(34)20(11-12-21(28)32)30-25(35)36-27(8,9)10/h13-16,20,22H,11-12H2,1-10H3,(H2,28,32)(H,29,33)(H,30,35). The predicted molar refractivity (Wildman–Crippen MR) is 140 cm³/mol. The number of ether oxygens (including phenoxy) is 1. The molecule has 4 amide bonds. The van der Waals surface area contributed by atoms with Gasteiger partial charge >= 0.3 is 6.09 Å². The number of aryl methyl sites for hydroxylation is 2. The van der Waals surface area contributed by atoms with Gasteiger partial charge in [0.25, 0.3) is 0 Å². The van der Waals surface area contributed by atoms with Crippen LogP contribution in [0.4, 0.5) is 4.79 Å². The van der Waals surface area contributed by atoms with Crippen LogP contribution in [0.15, 0.2) is 18.2 Å². The molecule has 0 aliphatic heterocycles. The van der Waals surface area contributed by atoms with Gasteiger partial charge in [0.15, 0.2) is 0 Å². The van der Waals surface area contributed by atoms with Gasteiger partial charge < -0.3 is 26.0 Å². The molecule has 1 aromatic rings. The second-order valence-electron chi connectivity index (χ2n) is 11.6. The molecule has 9 heteroatoms. The maximum absolute atomic E-state index is 14.1. The van der Waals surface area contributed by atoms with E-state index in [1.54, 1.807) is 20.8 Å². The normalized spacial score (nSPS) is 13.5. The summed E-state index contributed by atoms with van der Waals surface area (Å²) in [5.74, 6) is -1.47. The summed E-state index contributed by atoms with van der Waals surface area (Å²) in [5.41, 5.74) is 6.29. The summed E-state index contributed by atoms with van der Waals surface area (Å²) in [4.78, 5) is 53.3. The fraction of sp³-hybridized carbons (Fsp3) is 0.630. The van der Waals surface area contributed by atoms with E-state index in [0.717, 1.165) is 11.1 Å². The van der Waals surface area contributed by atoms with E-state index in [-0.39, 0.29) is 24.8 Å². The largest absolute Gasteiger partial charge is 0.444 e. The number of nitrogens with zero attached hydrogens (tertiary/aromatic N) is 1. The molecule has 0 heterocycles. The summed E-state index contributed by atoms with van der Waals surface area (Å²) in [6, 6.07) is 3.48. The first-order chi connectivity index (χ1) is 16.3. The molecule has 202 valence electrons. The summed E-state index contributed by atoms with van der Waals surface area (Å²) < 4.78 is 5.35. The third-order valence-corrected chi connectivity index (χ3v) is 5.13. The summed E-state index contributed by atoms with van der Waals surface area (Å²) in [6.07, 6.45) is -0.962. The summed E-state index contributed by atoms with van der Waals surface area (Å²) >= 11 is 0. The van der Waals surface area contributed by atoms with Gasteiger partial charge in [-0.3, -0.25) is 14.4 Å². The molecule has 0 spiro atoms. The van der Waals surface area contributed by atoms with E-state index in [4.69, 9.17) is 10.5 Å². The second kappa shape index (κ2) is 12.2. The Morgan fingerprint density at radius 1 is 0.944 bits per heavy atom. The molecule has 36 heavy (non-hydrogen) atoms. The van der Waals surface area contributed by atoms with Gasteiger partial charge in [-0.25, -0.2) is 4.79 Å². The van der Waals surface area contributed by atoms with Crippen molar-refractivity contribution in [3.8, 4) is 0 Å². The van der Waals surface area contributed by atoms with Crippen molar-refractivity contribution in [2.75, 3.05) is 0 Å². The van der Waals surface area contributed by atoms with Crippen molar-refractivity contribution < 1.29 is 23.9 Å². The molecule has 9 nitrogen and oxygen atoms in total. The molecule has 1 aromatic carbocycles. The van der Waals surface area contributed by atoms with E-state index >= 15 is 0 Å². The number of rotatable bonds is 9. The summed E-state index contributed by atoms with van der Waals surface area (Å²) in [5, 5.41) is 5.53. The van der Waals surface area contributed by atoms with Crippen LogP contribution in [0.2, 0.25) is 0 Å². The molecule has 0 aliphatic carbocycles. The number of benzene rings is 1. The number of amides is 4. The molecule has 0 saturated heterocycles. The van der Waals surface area contributed by atoms with Gasteiger partial charge in [-0.15, -0.1) is 0 Å². The first-order valence-electron chi connectivity index (χ1n) is 12.3. The number of carbonyl (C=O) groups is 4. The van der Waals surface area contributed by atoms with Gasteiger partial charge in [-0.2, -0.15) is 0 Å². The Morgan fingerprint density at radius 3 is 1.89 bits per heavy atom. The van der Waals surface area contributed by atoms with Crippen LogP contribution in [-0.4, -0.2) is 51.9 Å². The Kier molecular flexibility index (Phi) is 10.5. The SMILES string of the molecule is Cc1cc(C)cc(C(C(=O)NC(C)C)N(C(=O)C(CCC(N)=O)NC(=O)OC(C)(C)C)C(C)(C)C)c1. The van der Waals surface area contributed by atoms with Crippen molar-refractivity contribution in [2.45, 2.75) is 111 Å². The third-order valence-electron chi connectivity index (χ3n) is 5.13. The minimum Gasteiger partial charge on any atom is -0.444 e. The molecule has 1 rings (SSSR count). The maximum atomic E-state index is 14.1. The van der Waals surface area contributed by atoms with Crippen LogP contribution >= 0.6 is 0 Å². The number of carbonyl (C=O) groups excluding carboxylic acids is 4. The zero-order valence-electron chi connectivity index (χ0n) is 23.4. The summed E-state index contributed by atoms with van der Waals surface area (Å²) in [6.45, 7) is 18.1. The molecule has 0 aromatic heterocycles. The van der Waals surface area contributed by atoms with Crippen LogP contribution in [-0.2, 0) is 19.1 Å². The molecule has 0 fully saturated rings. The predicted octanol–water partition coefficient (Wildman–Crippen LogP) is 3.66. The molecule has 0 aliphatic rings. The fourth-order valence-electron chi connectivity index (χ4n) is 3.96.